The van der Waals surface area contributed by atoms with Crippen molar-refractivity contribution in [1.82, 2.24) is 0 Å². The third-order valence-electron chi connectivity index (χ3n) is 2.17. The van der Waals surface area contributed by atoms with Crippen LogP contribution in [0, 0.1) is 10.1 Å². The van der Waals surface area contributed by atoms with Crippen LogP contribution >= 0.6 is 0 Å². The Labute approximate surface area is 106 Å². The first-order chi connectivity index (χ1) is 8.75. The minimum absolute atomic E-state index is 0.00444. The van der Waals surface area contributed by atoms with Gasteiger partial charge in [-0.25, -0.2) is 31.3 Å². The van der Waals surface area contributed by atoms with Gasteiger partial charge in [-0.3, -0.25) is 10.1 Å². The van der Waals surface area contributed by atoms with Gasteiger partial charge in [0.25, 0.3) is 5.69 Å². The lowest BCUT2D eigenvalue weighted by Crippen LogP contribution is -2.43. The summed E-state index contributed by atoms with van der Waals surface area (Å²) in [5.74, 6) is 10.6. The van der Waals surface area contributed by atoms with Crippen LogP contribution in [0.1, 0.15) is 0 Å². The zero-order valence-electron chi connectivity index (χ0n) is 9.52. The van der Waals surface area contributed by atoms with Crippen LogP contribution < -0.4 is 33.2 Å². The van der Waals surface area contributed by atoms with Crippen LogP contribution in [-0.4, -0.2) is 17.0 Å². The topological polar surface area (TPSA) is 188 Å². The van der Waals surface area contributed by atoms with E-state index in [2.05, 4.69) is 0 Å². The summed E-state index contributed by atoms with van der Waals surface area (Å²) < 4.78 is 0. The zero-order valence-corrected chi connectivity index (χ0v) is 9.52. The van der Waals surface area contributed by atoms with Crippen LogP contribution in [-0.2, 0) is 0 Å². The molecule has 0 radical (unpaired) electrons. The van der Waals surface area contributed by atoms with Gasteiger partial charge in [-0.15, -0.1) is 0 Å². The fourth-order valence-electron chi connectivity index (χ4n) is 1.25. The summed E-state index contributed by atoms with van der Waals surface area (Å²) in [5, 5.41) is 11.7. The number of nitrogens with zero attached hydrogens (tertiary/aromatic N) is 3. The summed E-state index contributed by atoms with van der Waals surface area (Å²) in [6.07, 6.45) is 0. The molecule has 0 aliphatic rings. The smallest absolute Gasteiger partial charge is 0.333 e. The molecule has 0 fully saturated rings. The van der Waals surface area contributed by atoms with Gasteiger partial charge >= 0.3 is 12.1 Å². The molecule has 1 aromatic carbocycles. The molecule has 0 saturated carbocycles. The average Bonchev–Trinajstić information content (AvgIpc) is 2.35. The highest BCUT2D eigenvalue weighted by Gasteiger charge is 2.22. The number of carbonyl (C=O) groups is 2. The second kappa shape index (κ2) is 5.16. The maximum atomic E-state index is 11.0. The fourth-order valence-corrected chi connectivity index (χ4v) is 1.25. The van der Waals surface area contributed by atoms with E-state index < -0.39 is 22.7 Å². The lowest BCUT2D eigenvalue weighted by molar-refractivity contribution is -0.384. The van der Waals surface area contributed by atoms with E-state index >= 15 is 0 Å². The number of nitro groups is 1. The van der Waals surface area contributed by atoms with Crippen molar-refractivity contribution in [2.45, 2.75) is 0 Å². The summed E-state index contributed by atoms with van der Waals surface area (Å²) in [5.41, 5.74) is 9.06. The number of hydrazine groups is 2. The maximum absolute atomic E-state index is 11.0. The lowest BCUT2D eigenvalue weighted by Gasteiger charge is -2.18. The Morgan fingerprint density at radius 1 is 1.11 bits per heavy atom. The highest BCUT2D eigenvalue weighted by molar-refractivity contribution is 5.95. The number of hydrogen-bond acceptors (Lipinski definition) is 6. The molecule has 11 nitrogen and oxygen atoms in total. The van der Waals surface area contributed by atoms with E-state index in [-0.39, 0.29) is 11.4 Å². The molecule has 0 spiro atoms. The van der Waals surface area contributed by atoms with Gasteiger partial charge < -0.3 is 11.5 Å². The lowest BCUT2D eigenvalue weighted by atomic mass is 10.2. The van der Waals surface area contributed by atoms with Gasteiger partial charge in [-0.1, -0.05) is 0 Å². The summed E-state index contributed by atoms with van der Waals surface area (Å²) in [6.45, 7) is 0. The van der Waals surface area contributed by atoms with Gasteiger partial charge in [-0.2, -0.15) is 0 Å². The standard InChI is InChI=1S/C8H11N7O4/c9-7(16)13(11)4-1-2-5(15(18)19)6(3-4)14(12)8(10)17/h1-3H,11-12H2,(H2,9,16)(H2,10,17). The number of benzene rings is 1. The van der Waals surface area contributed by atoms with Crippen molar-refractivity contribution in [2.75, 3.05) is 10.0 Å². The summed E-state index contributed by atoms with van der Waals surface area (Å²) in [6, 6.07) is 1.09. The van der Waals surface area contributed by atoms with E-state index in [1.807, 2.05) is 0 Å². The molecule has 0 unspecified atom stereocenters. The van der Waals surface area contributed by atoms with Crippen LogP contribution in [0.5, 0.6) is 0 Å². The van der Waals surface area contributed by atoms with E-state index in [9.17, 15) is 19.7 Å². The minimum Gasteiger partial charge on any atom is -0.350 e. The molecule has 0 aromatic heterocycles. The van der Waals surface area contributed by atoms with E-state index in [0.717, 1.165) is 12.1 Å². The maximum Gasteiger partial charge on any atom is 0.333 e. The Morgan fingerprint density at radius 2 is 1.63 bits per heavy atom. The molecule has 1 rings (SSSR count). The molecule has 8 N–H and O–H groups in total. The first kappa shape index (κ1) is 14.1. The SMILES string of the molecule is NC(=O)N(N)c1ccc([N+](=O)[O-])c(N(N)C(N)=O)c1. The van der Waals surface area contributed by atoms with Crippen molar-refractivity contribution in [2.24, 2.45) is 23.2 Å². The molecule has 0 heterocycles. The van der Waals surface area contributed by atoms with Crippen LogP contribution in [0.25, 0.3) is 0 Å². The van der Waals surface area contributed by atoms with Crippen molar-refractivity contribution >= 4 is 29.1 Å². The van der Waals surface area contributed by atoms with Crippen molar-refractivity contribution in [1.29, 1.82) is 0 Å². The molecule has 4 amide bonds. The second-order valence-corrected chi connectivity index (χ2v) is 3.35. The normalized spacial score (nSPS) is 9.79. The van der Waals surface area contributed by atoms with E-state index in [1.54, 1.807) is 0 Å². The van der Waals surface area contributed by atoms with Crippen molar-refractivity contribution in [3.8, 4) is 0 Å². The molecule has 0 aliphatic heterocycles. The highest BCUT2D eigenvalue weighted by Crippen LogP contribution is 2.30. The van der Waals surface area contributed by atoms with Gasteiger partial charge in [0.2, 0.25) is 0 Å². The molecule has 19 heavy (non-hydrogen) atoms. The Hall–Kier alpha value is -2.92. The van der Waals surface area contributed by atoms with E-state index in [1.165, 1.54) is 6.07 Å². The first-order valence-electron chi connectivity index (χ1n) is 4.72. The van der Waals surface area contributed by atoms with Crippen molar-refractivity contribution in [3.63, 3.8) is 0 Å². The number of nitrogens with two attached hydrogens (primary N) is 4. The first-order valence-corrected chi connectivity index (χ1v) is 4.72. The quantitative estimate of drug-likeness (QED) is 0.238. The second-order valence-electron chi connectivity index (χ2n) is 3.35. The summed E-state index contributed by atoms with van der Waals surface area (Å²) in [7, 11) is 0. The molecule has 1 aromatic rings. The molecular weight excluding hydrogens is 258 g/mol. The number of carbonyl (C=O) groups excluding carboxylic acids is 2. The third-order valence-corrected chi connectivity index (χ3v) is 2.17. The van der Waals surface area contributed by atoms with Gasteiger partial charge in [-0.05, 0) is 12.1 Å². The van der Waals surface area contributed by atoms with Gasteiger partial charge in [0.05, 0.1) is 10.6 Å². The fraction of sp³-hybridized carbons (Fsp3) is 0. The number of hydrogen-bond donors (Lipinski definition) is 4. The monoisotopic (exact) mass is 269 g/mol. The molecular formula is C8H11N7O4. The summed E-state index contributed by atoms with van der Waals surface area (Å²) in [4.78, 5) is 31.9. The van der Waals surface area contributed by atoms with Crippen molar-refractivity contribution in [3.05, 3.63) is 28.3 Å². The summed E-state index contributed by atoms with van der Waals surface area (Å²) >= 11 is 0. The Morgan fingerprint density at radius 3 is 2.05 bits per heavy atom. The van der Waals surface area contributed by atoms with E-state index in [0.29, 0.717) is 10.0 Å². The zero-order chi connectivity index (χ0) is 14.7. The third kappa shape index (κ3) is 2.85. The number of nitro benzene ring substituents is 1. The molecule has 102 valence electrons. The number of primary amides is 2. The van der Waals surface area contributed by atoms with Crippen LogP contribution in [0.15, 0.2) is 18.2 Å². The number of anilines is 2. The van der Waals surface area contributed by atoms with Crippen LogP contribution in [0.2, 0.25) is 0 Å². The molecule has 0 bridgehead atoms. The van der Waals surface area contributed by atoms with Crippen LogP contribution in [0.4, 0.5) is 26.7 Å². The van der Waals surface area contributed by atoms with Crippen molar-refractivity contribution < 1.29 is 14.5 Å². The van der Waals surface area contributed by atoms with Gasteiger partial charge in [0.1, 0.15) is 5.69 Å². The van der Waals surface area contributed by atoms with Gasteiger partial charge in [0, 0.05) is 6.07 Å². The highest BCUT2D eigenvalue weighted by atomic mass is 16.6. The molecule has 11 heteroatoms. The Balaban J connectivity index is 3.38. The van der Waals surface area contributed by atoms with Gasteiger partial charge in [0.15, 0.2) is 0 Å². The predicted molar refractivity (Wildman–Crippen MR) is 65.6 cm³/mol. The minimum atomic E-state index is -1.12. The number of urea groups is 2. The predicted octanol–water partition coefficient (Wildman–Crippen LogP) is -0.888. The largest absolute Gasteiger partial charge is 0.350 e. The average molecular weight is 269 g/mol. The van der Waals surface area contributed by atoms with E-state index in [4.69, 9.17) is 23.2 Å². The Kier molecular flexibility index (Phi) is 3.84. The number of amides is 4. The molecule has 0 atom stereocenters. The number of rotatable bonds is 3. The molecule has 0 saturated heterocycles. The Bertz CT molecular complexity index is 546. The van der Waals surface area contributed by atoms with Crippen LogP contribution in [0.3, 0.4) is 0 Å². The molecule has 0 aliphatic carbocycles.